The van der Waals surface area contributed by atoms with Crippen LogP contribution in [0, 0.1) is 0 Å². The summed E-state index contributed by atoms with van der Waals surface area (Å²) in [6.07, 6.45) is 2.01. The summed E-state index contributed by atoms with van der Waals surface area (Å²) >= 11 is 7.43. The predicted molar refractivity (Wildman–Crippen MR) is 83.8 cm³/mol. The van der Waals surface area contributed by atoms with Gasteiger partial charge in [-0.2, -0.15) is 0 Å². The van der Waals surface area contributed by atoms with Gasteiger partial charge in [0.15, 0.2) is 6.61 Å². The molecule has 0 fully saturated rings. The second-order valence-corrected chi connectivity index (χ2v) is 5.34. The SMILES string of the molecule is CSc1ccc(NC(=O)COc2ccc(Cl)cc2)cc1. The Hall–Kier alpha value is -1.65. The molecule has 20 heavy (non-hydrogen) atoms. The van der Waals surface area contributed by atoms with Crippen molar-refractivity contribution in [2.75, 3.05) is 18.2 Å². The Morgan fingerprint density at radius 2 is 1.80 bits per heavy atom. The van der Waals surface area contributed by atoms with E-state index in [1.165, 1.54) is 0 Å². The number of hydrogen-bond acceptors (Lipinski definition) is 3. The van der Waals surface area contributed by atoms with Crippen LogP contribution in [-0.4, -0.2) is 18.8 Å². The maximum absolute atomic E-state index is 11.7. The second kappa shape index (κ2) is 7.22. The van der Waals surface area contributed by atoms with Gasteiger partial charge in [-0.1, -0.05) is 11.6 Å². The van der Waals surface area contributed by atoms with E-state index in [9.17, 15) is 4.79 Å². The number of rotatable bonds is 5. The second-order valence-electron chi connectivity index (χ2n) is 4.02. The number of amides is 1. The molecule has 2 rings (SSSR count). The Labute approximate surface area is 127 Å². The summed E-state index contributed by atoms with van der Waals surface area (Å²) < 4.78 is 5.37. The van der Waals surface area contributed by atoms with E-state index in [0.717, 1.165) is 10.6 Å². The normalized spacial score (nSPS) is 10.1. The van der Waals surface area contributed by atoms with E-state index < -0.39 is 0 Å². The van der Waals surface area contributed by atoms with Gasteiger partial charge in [0, 0.05) is 15.6 Å². The fraction of sp³-hybridized carbons (Fsp3) is 0.133. The Bertz CT molecular complexity index is 569. The van der Waals surface area contributed by atoms with E-state index in [0.29, 0.717) is 10.8 Å². The zero-order chi connectivity index (χ0) is 14.4. The highest BCUT2D eigenvalue weighted by molar-refractivity contribution is 7.98. The molecule has 0 aliphatic carbocycles. The van der Waals surface area contributed by atoms with E-state index in [2.05, 4.69) is 5.32 Å². The van der Waals surface area contributed by atoms with Crippen LogP contribution < -0.4 is 10.1 Å². The lowest BCUT2D eigenvalue weighted by Gasteiger charge is -2.08. The zero-order valence-corrected chi connectivity index (χ0v) is 12.5. The fourth-order valence-corrected chi connectivity index (χ4v) is 2.09. The average Bonchev–Trinajstić information content (AvgIpc) is 2.47. The quantitative estimate of drug-likeness (QED) is 0.846. The first-order valence-corrected chi connectivity index (χ1v) is 7.60. The monoisotopic (exact) mass is 307 g/mol. The van der Waals surface area contributed by atoms with Crippen LogP contribution in [0.5, 0.6) is 5.75 Å². The number of nitrogens with one attached hydrogen (secondary N) is 1. The summed E-state index contributed by atoms with van der Waals surface area (Å²) in [4.78, 5) is 12.9. The van der Waals surface area contributed by atoms with Crippen molar-refractivity contribution in [3.8, 4) is 5.75 Å². The van der Waals surface area contributed by atoms with Gasteiger partial charge in [0.2, 0.25) is 0 Å². The molecule has 2 aromatic rings. The van der Waals surface area contributed by atoms with Crippen LogP contribution in [0.2, 0.25) is 5.02 Å². The molecule has 0 heterocycles. The Balaban J connectivity index is 1.84. The molecule has 0 aromatic heterocycles. The Kier molecular flexibility index (Phi) is 5.32. The standard InChI is InChI=1S/C15H14ClNO2S/c1-20-14-8-4-12(5-9-14)17-15(18)10-19-13-6-2-11(16)3-7-13/h2-9H,10H2,1H3,(H,17,18). The molecule has 0 saturated carbocycles. The Morgan fingerprint density at radius 1 is 1.15 bits per heavy atom. The van der Waals surface area contributed by atoms with Gasteiger partial charge in [0.05, 0.1) is 0 Å². The lowest BCUT2D eigenvalue weighted by Crippen LogP contribution is -2.20. The lowest BCUT2D eigenvalue weighted by molar-refractivity contribution is -0.118. The molecule has 0 atom stereocenters. The first-order valence-electron chi connectivity index (χ1n) is 5.99. The van der Waals surface area contributed by atoms with Crippen molar-refractivity contribution in [1.29, 1.82) is 0 Å². The van der Waals surface area contributed by atoms with Crippen molar-refractivity contribution >= 4 is 35.0 Å². The number of hydrogen-bond donors (Lipinski definition) is 1. The maximum Gasteiger partial charge on any atom is 0.262 e. The number of anilines is 1. The van der Waals surface area contributed by atoms with Crippen molar-refractivity contribution in [3.05, 3.63) is 53.6 Å². The smallest absolute Gasteiger partial charge is 0.262 e. The van der Waals surface area contributed by atoms with Gasteiger partial charge in [-0.05, 0) is 54.8 Å². The van der Waals surface area contributed by atoms with E-state index >= 15 is 0 Å². The largest absolute Gasteiger partial charge is 0.484 e. The molecule has 3 nitrogen and oxygen atoms in total. The van der Waals surface area contributed by atoms with Gasteiger partial charge in [0.25, 0.3) is 5.91 Å². The summed E-state index contributed by atoms with van der Waals surface area (Å²) in [5, 5.41) is 3.41. The molecule has 1 amide bonds. The number of ether oxygens (including phenoxy) is 1. The van der Waals surface area contributed by atoms with Gasteiger partial charge in [0.1, 0.15) is 5.75 Å². The molecule has 0 unspecified atom stereocenters. The number of halogens is 1. The van der Waals surface area contributed by atoms with E-state index in [4.69, 9.17) is 16.3 Å². The summed E-state index contributed by atoms with van der Waals surface area (Å²) in [5.41, 5.74) is 0.757. The van der Waals surface area contributed by atoms with Crippen molar-refractivity contribution < 1.29 is 9.53 Å². The first-order chi connectivity index (χ1) is 9.67. The molecule has 2 aromatic carbocycles. The highest BCUT2D eigenvalue weighted by atomic mass is 35.5. The van der Waals surface area contributed by atoms with Crippen LogP contribution in [-0.2, 0) is 4.79 Å². The molecule has 0 spiro atoms. The number of carbonyl (C=O) groups is 1. The highest BCUT2D eigenvalue weighted by Crippen LogP contribution is 2.18. The third-order valence-electron chi connectivity index (χ3n) is 2.56. The van der Waals surface area contributed by atoms with Crippen LogP contribution in [0.4, 0.5) is 5.69 Å². The van der Waals surface area contributed by atoms with Crippen molar-refractivity contribution in [1.82, 2.24) is 0 Å². The molecule has 0 radical (unpaired) electrons. The fourth-order valence-electron chi connectivity index (χ4n) is 1.55. The number of carbonyl (C=O) groups excluding carboxylic acids is 1. The number of thioether (sulfide) groups is 1. The van der Waals surface area contributed by atoms with Gasteiger partial charge in [-0.3, -0.25) is 4.79 Å². The minimum Gasteiger partial charge on any atom is -0.484 e. The van der Waals surface area contributed by atoms with Crippen molar-refractivity contribution in [2.45, 2.75) is 4.90 Å². The van der Waals surface area contributed by atoms with Crippen LogP contribution in [0.1, 0.15) is 0 Å². The highest BCUT2D eigenvalue weighted by Gasteiger charge is 2.04. The average molecular weight is 308 g/mol. The van der Waals surface area contributed by atoms with E-state index in [1.54, 1.807) is 36.0 Å². The van der Waals surface area contributed by atoms with Crippen molar-refractivity contribution in [3.63, 3.8) is 0 Å². The molecule has 0 aliphatic rings. The molecule has 1 N–H and O–H groups in total. The molecular weight excluding hydrogens is 294 g/mol. The summed E-state index contributed by atoms with van der Waals surface area (Å²) in [6.45, 7) is -0.0358. The molecule has 0 saturated heterocycles. The van der Waals surface area contributed by atoms with Crippen LogP contribution in [0.25, 0.3) is 0 Å². The molecular formula is C15H14ClNO2S. The summed E-state index contributed by atoms with van der Waals surface area (Å²) in [6, 6.07) is 14.5. The molecule has 104 valence electrons. The van der Waals surface area contributed by atoms with Crippen LogP contribution >= 0.6 is 23.4 Å². The van der Waals surface area contributed by atoms with Gasteiger partial charge in [-0.15, -0.1) is 11.8 Å². The number of benzene rings is 2. The molecule has 0 aliphatic heterocycles. The van der Waals surface area contributed by atoms with Gasteiger partial charge in [-0.25, -0.2) is 0 Å². The van der Waals surface area contributed by atoms with Gasteiger partial charge >= 0.3 is 0 Å². The minimum absolute atomic E-state index is 0.0358. The summed E-state index contributed by atoms with van der Waals surface area (Å²) in [7, 11) is 0. The van der Waals surface area contributed by atoms with E-state index in [-0.39, 0.29) is 12.5 Å². The molecule has 5 heteroatoms. The van der Waals surface area contributed by atoms with Crippen molar-refractivity contribution in [2.24, 2.45) is 0 Å². The van der Waals surface area contributed by atoms with Gasteiger partial charge < -0.3 is 10.1 Å². The zero-order valence-electron chi connectivity index (χ0n) is 10.9. The Morgan fingerprint density at radius 3 is 2.40 bits per heavy atom. The lowest BCUT2D eigenvalue weighted by atomic mass is 10.3. The predicted octanol–water partition coefficient (Wildman–Crippen LogP) is 4.08. The third-order valence-corrected chi connectivity index (χ3v) is 3.55. The maximum atomic E-state index is 11.7. The third kappa shape index (κ3) is 4.47. The summed E-state index contributed by atoms with van der Waals surface area (Å²) in [5.74, 6) is 0.416. The topological polar surface area (TPSA) is 38.3 Å². The minimum atomic E-state index is -0.197. The van der Waals surface area contributed by atoms with Crippen LogP contribution in [0.15, 0.2) is 53.4 Å². The first kappa shape index (κ1) is 14.8. The van der Waals surface area contributed by atoms with E-state index in [1.807, 2.05) is 30.5 Å². The molecule has 0 bridgehead atoms. The van der Waals surface area contributed by atoms with Crippen LogP contribution in [0.3, 0.4) is 0 Å².